The number of ketones is 1. The first-order valence-corrected chi connectivity index (χ1v) is 12.3. The number of nitro benzene ring substituents is 1. The second-order valence-corrected chi connectivity index (χ2v) is 10.1. The number of carbonyl (C=O) groups is 2. The molecule has 1 amide bonds. The SMILES string of the molecule is O=C(c1cccnc1)[C@@H]1[C@@H](c2cccc([N+](=O)[O-])c2)[C@H]2CSC[NH+]2[C@@]12C(=O)Nc1ccc(F)cc12. The third-order valence-electron chi connectivity index (χ3n) is 7.48. The maximum atomic E-state index is 14.6. The molecule has 1 unspecified atom stereocenters. The Hall–Kier alpha value is -3.63. The lowest BCUT2D eigenvalue weighted by Crippen LogP contribution is -3.19. The molecular formula is C25H20FN4O4S+. The molecule has 3 aromatic rings. The predicted molar refractivity (Wildman–Crippen MR) is 127 cm³/mol. The van der Waals surface area contributed by atoms with Gasteiger partial charge in [-0.3, -0.25) is 24.7 Å². The molecule has 8 nitrogen and oxygen atoms in total. The van der Waals surface area contributed by atoms with Gasteiger partial charge in [-0.2, -0.15) is 0 Å². The van der Waals surface area contributed by atoms with E-state index in [2.05, 4.69) is 10.3 Å². The van der Waals surface area contributed by atoms with Crippen molar-refractivity contribution in [1.82, 2.24) is 4.98 Å². The summed E-state index contributed by atoms with van der Waals surface area (Å²) >= 11 is 1.66. The Balaban J connectivity index is 1.63. The largest absolute Gasteiger partial charge is 0.320 e. The minimum absolute atomic E-state index is 0.0782. The molecule has 0 radical (unpaired) electrons. The normalized spacial score (nSPS) is 28.5. The van der Waals surface area contributed by atoms with Gasteiger partial charge in [-0.05, 0) is 35.9 Å². The van der Waals surface area contributed by atoms with E-state index in [0.717, 1.165) is 4.90 Å². The number of pyridine rings is 1. The standard InChI is InChI=1S/C25H19FN4O4S/c26-16-6-7-19-18(10-16)25(24(32)28-19)22(23(31)15-4-2-8-27-11-15)21(20-12-35-13-29(20)25)14-3-1-5-17(9-14)30(33)34/h1-11,20-22H,12-13H2,(H,28,32)/p+1/t20-,21+,22+,25-/m1/s1. The number of non-ortho nitro benzene ring substituents is 1. The molecule has 2 aromatic carbocycles. The molecular weight excluding hydrogens is 471 g/mol. The Morgan fingerprint density at radius 1 is 1.23 bits per heavy atom. The number of nitrogens with zero attached hydrogens (tertiary/aromatic N) is 2. The molecule has 0 bridgehead atoms. The number of rotatable bonds is 4. The number of benzene rings is 2. The van der Waals surface area contributed by atoms with Crippen molar-refractivity contribution in [2.75, 3.05) is 16.9 Å². The summed E-state index contributed by atoms with van der Waals surface area (Å²) in [6.07, 6.45) is 3.03. The molecule has 0 saturated carbocycles. The highest BCUT2D eigenvalue weighted by atomic mass is 32.2. The van der Waals surface area contributed by atoms with Crippen LogP contribution >= 0.6 is 11.8 Å². The van der Waals surface area contributed by atoms with E-state index in [1.54, 1.807) is 42.2 Å². The molecule has 176 valence electrons. The van der Waals surface area contributed by atoms with E-state index in [1.807, 2.05) is 0 Å². The maximum Gasteiger partial charge on any atom is 0.291 e. The van der Waals surface area contributed by atoms with Crippen molar-refractivity contribution >= 4 is 34.8 Å². The van der Waals surface area contributed by atoms with Gasteiger partial charge in [-0.1, -0.05) is 23.9 Å². The number of aromatic nitrogens is 1. The van der Waals surface area contributed by atoms with Gasteiger partial charge >= 0.3 is 0 Å². The van der Waals surface area contributed by atoms with Crippen LogP contribution in [0.1, 0.15) is 27.4 Å². The smallest absolute Gasteiger partial charge is 0.291 e. The Morgan fingerprint density at radius 2 is 2.09 bits per heavy atom. The van der Waals surface area contributed by atoms with Gasteiger partial charge in [0.2, 0.25) is 5.54 Å². The van der Waals surface area contributed by atoms with Crippen LogP contribution < -0.4 is 10.2 Å². The Labute approximate surface area is 203 Å². The number of hydrogen-bond acceptors (Lipinski definition) is 6. The van der Waals surface area contributed by atoms with E-state index in [1.165, 1.54) is 36.5 Å². The van der Waals surface area contributed by atoms with E-state index in [9.17, 15) is 24.1 Å². The van der Waals surface area contributed by atoms with E-state index in [0.29, 0.717) is 34.0 Å². The average molecular weight is 492 g/mol. The topological polar surface area (TPSA) is 107 Å². The van der Waals surface area contributed by atoms with Gasteiger partial charge in [0.05, 0.1) is 22.3 Å². The third kappa shape index (κ3) is 3.06. The summed E-state index contributed by atoms with van der Waals surface area (Å²) in [5, 5.41) is 14.4. The third-order valence-corrected chi connectivity index (χ3v) is 8.59. The van der Waals surface area contributed by atoms with Gasteiger partial charge in [0.25, 0.3) is 11.6 Å². The van der Waals surface area contributed by atoms with E-state index >= 15 is 0 Å². The monoisotopic (exact) mass is 491 g/mol. The van der Waals surface area contributed by atoms with Crippen molar-refractivity contribution in [2.45, 2.75) is 17.5 Å². The van der Waals surface area contributed by atoms with Crippen molar-refractivity contribution in [3.63, 3.8) is 0 Å². The maximum absolute atomic E-state index is 14.6. The number of thioether (sulfide) groups is 1. The second kappa shape index (κ2) is 7.96. The number of fused-ring (bicyclic) bond motifs is 4. The Morgan fingerprint density at radius 3 is 2.86 bits per heavy atom. The fourth-order valence-electron chi connectivity index (χ4n) is 6.17. The molecule has 4 heterocycles. The molecule has 2 N–H and O–H groups in total. The van der Waals surface area contributed by atoms with Crippen LogP contribution in [0.4, 0.5) is 15.8 Å². The lowest BCUT2D eigenvalue weighted by molar-refractivity contribution is -0.941. The van der Waals surface area contributed by atoms with Crippen molar-refractivity contribution in [1.29, 1.82) is 0 Å². The van der Waals surface area contributed by atoms with Crippen molar-refractivity contribution in [2.24, 2.45) is 5.92 Å². The molecule has 6 rings (SSSR count). The van der Waals surface area contributed by atoms with Crippen molar-refractivity contribution in [3.8, 4) is 0 Å². The first-order chi connectivity index (χ1) is 16.9. The Kier molecular flexibility index (Phi) is 4.97. The first kappa shape index (κ1) is 21.9. The molecule has 3 aliphatic rings. The lowest BCUT2D eigenvalue weighted by atomic mass is 9.69. The van der Waals surface area contributed by atoms with Crippen LogP contribution in [0.15, 0.2) is 67.0 Å². The minimum atomic E-state index is -1.37. The highest BCUT2D eigenvalue weighted by molar-refractivity contribution is 7.99. The quantitative estimate of drug-likeness (QED) is 0.330. The zero-order valence-corrected chi connectivity index (χ0v) is 19.1. The number of carbonyl (C=O) groups excluding carboxylic acids is 2. The highest BCUT2D eigenvalue weighted by Gasteiger charge is 2.73. The zero-order chi connectivity index (χ0) is 24.3. The highest BCUT2D eigenvalue weighted by Crippen LogP contribution is 2.52. The summed E-state index contributed by atoms with van der Waals surface area (Å²) in [5.74, 6) is -1.31. The van der Waals surface area contributed by atoms with E-state index in [4.69, 9.17) is 0 Å². The summed E-state index contributed by atoms with van der Waals surface area (Å²) in [6.45, 7) is 0. The molecule has 1 spiro atoms. The van der Waals surface area contributed by atoms with Gasteiger partial charge in [0, 0.05) is 35.7 Å². The van der Waals surface area contributed by atoms with E-state index in [-0.39, 0.29) is 23.4 Å². The molecule has 2 saturated heterocycles. The second-order valence-electron chi connectivity index (χ2n) is 9.06. The fourth-order valence-corrected chi connectivity index (χ4v) is 7.61. The van der Waals surface area contributed by atoms with Crippen LogP contribution in [0, 0.1) is 21.8 Å². The van der Waals surface area contributed by atoms with Gasteiger partial charge in [0.1, 0.15) is 23.7 Å². The molecule has 2 fully saturated rings. The summed E-state index contributed by atoms with van der Waals surface area (Å²) in [4.78, 5) is 44.1. The minimum Gasteiger partial charge on any atom is -0.320 e. The number of nitro groups is 1. The number of quaternary nitrogens is 1. The predicted octanol–water partition coefficient (Wildman–Crippen LogP) is 2.53. The number of nitrogens with one attached hydrogen (secondary N) is 2. The van der Waals surface area contributed by atoms with Gasteiger partial charge < -0.3 is 10.2 Å². The average Bonchev–Trinajstić information content (AvgIpc) is 3.52. The van der Waals surface area contributed by atoms with Crippen LogP contribution in [0.2, 0.25) is 0 Å². The van der Waals surface area contributed by atoms with Crippen LogP contribution in [0.25, 0.3) is 0 Å². The summed E-state index contributed by atoms with van der Waals surface area (Å²) in [7, 11) is 0. The number of halogens is 1. The van der Waals surface area contributed by atoms with Crippen LogP contribution in [-0.4, -0.2) is 39.3 Å². The number of anilines is 1. The molecule has 3 aliphatic heterocycles. The molecule has 1 aromatic heterocycles. The molecule has 5 atom stereocenters. The van der Waals surface area contributed by atoms with Crippen LogP contribution in [-0.2, 0) is 10.3 Å². The Bertz CT molecular complexity index is 1390. The number of amides is 1. The van der Waals surface area contributed by atoms with Gasteiger partial charge in [-0.15, -0.1) is 0 Å². The number of Topliss-reactive ketones (excluding diaryl/α,β-unsaturated/α-hetero) is 1. The van der Waals surface area contributed by atoms with Crippen LogP contribution in [0.3, 0.4) is 0 Å². The zero-order valence-electron chi connectivity index (χ0n) is 18.3. The summed E-state index contributed by atoms with van der Waals surface area (Å²) < 4.78 is 14.6. The summed E-state index contributed by atoms with van der Waals surface area (Å²) in [6, 6.07) is 13.6. The molecule has 35 heavy (non-hydrogen) atoms. The van der Waals surface area contributed by atoms with E-state index < -0.39 is 28.1 Å². The van der Waals surface area contributed by atoms with Crippen molar-refractivity contribution in [3.05, 3.63) is 99.6 Å². The first-order valence-electron chi connectivity index (χ1n) is 11.2. The van der Waals surface area contributed by atoms with Crippen LogP contribution in [0.5, 0.6) is 0 Å². The number of hydrogen-bond donors (Lipinski definition) is 2. The lowest BCUT2D eigenvalue weighted by Gasteiger charge is -2.33. The molecule has 10 heteroatoms. The van der Waals surface area contributed by atoms with Crippen molar-refractivity contribution < 1.29 is 23.8 Å². The van der Waals surface area contributed by atoms with Gasteiger partial charge in [0.15, 0.2) is 5.78 Å². The molecule has 0 aliphatic carbocycles. The fraction of sp³-hybridized carbons (Fsp3) is 0.240. The van der Waals surface area contributed by atoms with Gasteiger partial charge in [-0.25, -0.2) is 4.39 Å². The summed E-state index contributed by atoms with van der Waals surface area (Å²) in [5.41, 5.74) is 0.474.